The van der Waals surface area contributed by atoms with Gasteiger partial charge in [0.2, 0.25) is 6.23 Å². The number of ether oxygens (including phenoxy) is 3. The Hall–Kier alpha value is -2.60. The van der Waals surface area contributed by atoms with Gasteiger partial charge in [0, 0.05) is 33.2 Å². The summed E-state index contributed by atoms with van der Waals surface area (Å²) in [5.74, 6) is 1.93. The first-order chi connectivity index (χ1) is 15.5. The van der Waals surface area contributed by atoms with Crippen molar-refractivity contribution in [3.63, 3.8) is 0 Å². The van der Waals surface area contributed by atoms with Crippen LogP contribution in [0.3, 0.4) is 0 Å². The molecule has 2 aliphatic heterocycles. The largest absolute Gasteiger partial charge is 0.493 e. The Labute approximate surface area is 201 Å². The van der Waals surface area contributed by atoms with Crippen LogP contribution in [-0.2, 0) is 0 Å². The lowest BCUT2D eigenvalue weighted by Crippen LogP contribution is -2.33. The van der Waals surface area contributed by atoms with E-state index in [2.05, 4.69) is 0 Å². The van der Waals surface area contributed by atoms with E-state index >= 15 is 0 Å². The Morgan fingerprint density at radius 1 is 0.938 bits per heavy atom. The van der Waals surface area contributed by atoms with Crippen molar-refractivity contribution < 1.29 is 14.2 Å². The second kappa shape index (κ2) is 8.39. The average molecular weight is 490 g/mol. The molecule has 3 aromatic rings. The maximum atomic E-state index is 6.53. The molecular formula is C24H19Cl3N2O3. The highest BCUT2D eigenvalue weighted by Crippen LogP contribution is 2.51. The van der Waals surface area contributed by atoms with Gasteiger partial charge in [-0.05, 0) is 42.5 Å². The minimum absolute atomic E-state index is 0.0953. The van der Waals surface area contributed by atoms with E-state index in [1.54, 1.807) is 20.3 Å². The highest BCUT2D eigenvalue weighted by Gasteiger charge is 2.42. The molecule has 0 unspecified atom stereocenters. The predicted molar refractivity (Wildman–Crippen MR) is 127 cm³/mol. The quantitative estimate of drug-likeness (QED) is 0.399. The Kier molecular flexibility index (Phi) is 5.58. The fourth-order valence-electron chi connectivity index (χ4n) is 4.18. The van der Waals surface area contributed by atoms with E-state index in [0.29, 0.717) is 38.7 Å². The van der Waals surface area contributed by atoms with Gasteiger partial charge in [-0.3, -0.25) is 0 Å². The van der Waals surface area contributed by atoms with Gasteiger partial charge in [0.05, 0.1) is 31.0 Å². The SMILES string of the molecule is COc1ccc(C2=NN3[C@@H](c4cccc(Cl)c4)Oc4c(Cl)cc(Cl)cc4[C@@H]3C2)cc1OC. The van der Waals surface area contributed by atoms with Crippen molar-refractivity contribution in [3.05, 3.63) is 86.4 Å². The standard InChI is InChI=1S/C24H19Cl3N2O3/c1-30-21-7-6-13(9-22(21)31-2)19-12-20-17-10-16(26)11-18(27)23(17)32-24(29(20)28-19)14-4-3-5-15(25)8-14/h3-11,20,24H,12H2,1-2H3/t20-,24+/m0/s1. The van der Waals surface area contributed by atoms with E-state index in [0.717, 1.165) is 22.4 Å². The lowest BCUT2D eigenvalue weighted by atomic mass is 9.95. The number of rotatable bonds is 4. The van der Waals surface area contributed by atoms with Crippen LogP contribution in [-0.4, -0.2) is 24.9 Å². The molecular weight excluding hydrogens is 471 g/mol. The number of hydrogen-bond acceptors (Lipinski definition) is 5. The van der Waals surface area contributed by atoms with Crippen molar-refractivity contribution in [1.82, 2.24) is 5.01 Å². The van der Waals surface area contributed by atoms with E-state index in [9.17, 15) is 0 Å². The van der Waals surface area contributed by atoms with Gasteiger partial charge in [0.1, 0.15) is 5.75 Å². The van der Waals surface area contributed by atoms with Crippen molar-refractivity contribution >= 4 is 40.5 Å². The summed E-state index contributed by atoms with van der Waals surface area (Å²) < 4.78 is 17.2. The van der Waals surface area contributed by atoms with Gasteiger partial charge in [-0.25, -0.2) is 5.01 Å². The van der Waals surface area contributed by atoms with E-state index in [1.165, 1.54) is 0 Å². The Bertz CT molecular complexity index is 1230. The number of hydrogen-bond donors (Lipinski definition) is 0. The van der Waals surface area contributed by atoms with E-state index in [-0.39, 0.29) is 6.04 Å². The fraction of sp³-hybridized carbons (Fsp3) is 0.208. The molecule has 5 nitrogen and oxygen atoms in total. The third kappa shape index (κ3) is 3.64. The van der Waals surface area contributed by atoms with Gasteiger partial charge in [-0.15, -0.1) is 0 Å². The Morgan fingerprint density at radius 2 is 1.75 bits per heavy atom. The van der Waals surface area contributed by atoms with Gasteiger partial charge in [-0.2, -0.15) is 5.10 Å². The van der Waals surface area contributed by atoms with Crippen LogP contribution in [0.1, 0.15) is 35.4 Å². The molecule has 3 aromatic carbocycles. The summed E-state index contributed by atoms with van der Waals surface area (Å²) in [6.07, 6.45) is 0.169. The van der Waals surface area contributed by atoms with Crippen LogP contribution in [0, 0.1) is 0 Å². The summed E-state index contributed by atoms with van der Waals surface area (Å²) in [5.41, 5.74) is 3.63. The molecule has 8 heteroatoms. The van der Waals surface area contributed by atoms with Gasteiger partial charge in [0.25, 0.3) is 0 Å². The molecule has 0 aliphatic carbocycles. The molecule has 0 aromatic heterocycles. The molecule has 164 valence electrons. The molecule has 0 saturated heterocycles. The van der Waals surface area contributed by atoms with E-state index in [4.69, 9.17) is 54.1 Å². The van der Waals surface area contributed by atoms with E-state index in [1.807, 2.05) is 53.5 Å². The highest BCUT2D eigenvalue weighted by atomic mass is 35.5. The number of nitrogens with zero attached hydrogens (tertiary/aromatic N) is 2. The smallest absolute Gasteiger partial charge is 0.214 e. The van der Waals surface area contributed by atoms with Crippen molar-refractivity contribution in [2.45, 2.75) is 18.7 Å². The van der Waals surface area contributed by atoms with Crippen LogP contribution < -0.4 is 14.2 Å². The molecule has 2 aliphatic rings. The summed E-state index contributed by atoms with van der Waals surface area (Å²) in [7, 11) is 3.23. The first kappa shape index (κ1) is 21.3. The first-order valence-corrected chi connectivity index (χ1v) is 11.1. The second-order valence-electron chi connectivity index (χ2n) is 7.55. The summed E-state index contributed by atoms with van der Waals surface area (Å²) in [5, 5.41) is 8.56. The molecule has 0 amide bonds. The van der Waals surface area contributed by atoms with Gasteiger partial charge < -0.3 is 14.2 Å². The zero-order valence-corrected chi connectivity index (χ0v) is 19.6. The van der Waals surface area contributed by atoms with Crippen LogP contribution in [0.5, 0.6) is 17.2 Å². The molecule has 0 bridgehead atoms. The van der Waals surface area contributed by atoms with Crippen molar-refractivity contribution in [2.24, 2.45) is 5.10 Å². The Morgan fingerprint density at radius 3 is 2.50 bits per heavy atom. The topological polar surface area (TPSA) is 43.3 Å². The second-order valence-corrected chi connectivity index (χ2v) is 8.83. The molecule has 0 N–H and O–H groups in total. The molecule has 0 radical (unpaired) electrons. The van der Waals surface area contributed by atoms with Crippen LogP contribution >= 0.6 is 34.8 Å². The van der Waals surface area contributed by atoms with Gasteiger partial charge in [-0.1, -0.05) is 46.9 Å². The van der Waals surface area contributed by atoms with Crippen LogP contribution in [0.4, 0.5) is 0 Å². The molecule has 32 heavy (non-hydrogen) atoms. The molecule has 5 rings (SSSR count). The van der Waals surface area contributed by atoms with Crippen molar-refractivity contribution in [1.29, 1.82) is 0 Å². The van der Waals surface area contributed by atoms with Crippen LogP contribution in [0.2, 0.25) is 15.1 Å². The minimum atomic E-state index is -0.484. The number of hydrazone groups is 1. The van der Waals surface area contributed by atoms with Crippen molar-refractivity contribution in [2.75, 3.05) is 14.2 Å². The average Bonchev–Trinajstić information content (AvgIpc) is 3.24. The lowest BCUT2D eigenvalue weighted by molar-refractivity contribution is -0.0189. The normalized spacial score (nSPS) is 19.0. The molecule has 2 heterocycles. The van der Waals surface area contributed by atoms with Crippen LogP contribution in [0.15, 0.2) is 59.7 Å². The highest BCUT2D eigenvalue weighted by molar-refractivity contribution is 6.35. The third-order valence-corrected chi connectivity index (χ3v) is 6.39. The summed E-state index contributed by atoms with van der Waals surface area (Å²) >= 11 is 19.1. The van der Waals surface area contributed by atoms with E-state index < -0.39 is 6.23 Å². The van der Waals surface area contributed by atoms with Crippen molar-refractivity contribution in [3.8, 4) is 17.2 Å². The van der Waals surface area contributed by atoms with Gasteiger partial charge in [0.15, 0.2) is 11.5 Å². The zero-order chi connectivity index (χ0) is 22.4. The maximum absolute atomic E-state index is 6.53. The molecule has 0 saturated carbocycles. The van der Waals surface area contributed by atoms with Crippen LogP contribution in [0.25, 0.3) is 0 Å². The fourth-order valence-corrected chi connectivity index (χ4v) is 4.94. The lowest BCUT2D eigenvalue weighted by Gasteiger charge is -2.38. The monoisotopic (exact) mass is 488 g/mol. The molecule has 0 fully saturated rings. The first-order valence-electron chi connectivity index (χ1n) is 9.97. The predicted octanol–water partition coefficient (Wildman–Crippen LogP) is 6.91. The number of methoxy groups -OCH3 is 2. The molecule has 0 spiro atoms. The Balaban J connectivity index is 1.62. The zero-order valence-electron chi connectivity index (χ0n) is 17.3. The number of benzene rings is 3. The van der Waals surface area contributed by atoms with Gasteiger partial charge >= 0.3 is 0 Å². The minimum Gasteiger partial charge on any atom is -0.493 e. The number of fused-ring (bicyclic) bond motifs is 3. The summed E-state index contributed by atoms with van der Waals surface area (Å²) in [4.78, 5) is 0. The third-order valence-electron chi connectivity index (χ3n) is 5.66. The molecule has 2 atom stereocenters. The summed E-state index contributed by atoms with van der Waals surface area (Å²) in [6, 6.07) is 16.8. The maximum Gasteiger partial charge on any atom is 0.214 e. The number of halogens is 3. The summed E-state index contributed by atoms with van der Waals surface area (Å²) in [6.45, 7) is 0.